The topological polar surface area (TPSA) is 29.9 Å². The van der Waals surface area contributed by atoms with Gasteiger partial charge in [0.25, 0.3) is 0 Å². The molecule has 0 bridgehead atoms. The van der Waals surface area contributed by atoms with Crippen molar-refractivity contribution >= 4 is 0 Å². The molecule has 19 heavy (non-hydrogen) atoms. The van der Waals surface area contributed by atoms with E-state index in [0.29, 0.717) is 6.54 Å². The molecule has 0 aliphatic heterocycles. The van der Waals surface area contributed by atoms with Crippen molar-refractivity contribution in [3.8, 4) is 0 Å². The van der Waals surface area contributed by atoms with Crippen molar-refractivity contribution in [3.63, 3.8) is 0 Å². The van der Waals surface area contributed by atoms with E-state index in [4.69, 9.17) is 0 Å². The summed E-state index contributed by atoms with van der Waals surface area (Å²) in [5, 5.41) is 7.11. The molecule has 1 aromatic heterocycles. The molecule has 0 fully saturated rings. The Morgan fingerprint density at radius 1 is 1.16 bits per heavy atom. The van der Waals surface area contributed by atoms with Crippen LogP contribution in [-0.4, -0.2) is 9.78 Å². The van der Waals surface area contributed by atoms with Crippen LogP contribution >= 0.6 is 0 Å². The van der Waals surface area contributed by atoms with Crippen LogP contribution < -0.4 is 5.32 Å². The summed E-state index contributed by atoms with van der Waals surface area (Å²) in [6.45, 7) is 0.597. The maximum absolute atomic E-state index is 12.8. The Labute approximate surface area is 109 Å². The van der Waals surface area contributed by atoms with E-state index in [-0.39, 0.29) is 12.1 Å². The summed E-state index contributed by atoms with van der Waals surface area (Å²) in [7, 11) is 1.79. The average Bonchev–Trinajstić information content (AvgIpc) is 2.74. The average molecular weight is 269 g/mol. The second kappa shape index (κ2) is 5.44. The third-order valence-electron chi connectivity index (χ3n) is 2.71. The molecule has 0 saturated heterocycles. The maximum Gasteiger partial charge on any atom is 0.416 e. The minimum Gasteiger partial charge on any atom is -0.307 e. The molecule has 0 radical (unpaired) electrons. The van der Waals surface area contributed by atoms with Crippen LogP contribution in [0.15, 0.2) is 36.5 Å². The smallest absolute Gasteiger partial charge is 0.307 e. The van der Waals surface area contributed by atoms with E-state index in [2.05, 4.69) is 10.4 Å². The molecule has 2 aromatic rings. The van der Waals surface area contributed by atoms with Gasteiger partial charge >= 0.3 is 6.18 Å². The number of nitrogens with one attached hydrogen (secondary N) is 1. The number of rotatable bonds is 4. The molecular weight excluding hydrogens is 255 g/mol. The van der Waals surface area contributed by atoms with Gasteiger partial charge in [0.1, 0.15) is 0 Å². The zero-order valence-corrected chi connectivity index (χ0v) is 10.4. The summed E-state index contributed by atoms with van der Waals surface area (Å²) < 4.78 is 39.9. The van der Waals surface area contributed by atoms with Crippen molar-refractivity contribution in [2.75, 3.05) is 0 Å². The molecule has 0 spiro atoms. The lowest BCUT2D eigenvalue weighted by Gasteiger charge is -2.12. The molecule has 0 aliphatic carbocycles. The predicted octanol–water partition coefficient (Wildman–Crippen LogP) is 2.73. The number of hydrogen-bond acceptors (Lipinski definition) is 2. The van der Waals surface area contributed by atoms with Gasteiger partial charge in [-0.1, -0.05) is 18.2 Å². The molecule has 6 heteroatoms. The molecule has 1 N–H and O–H groups in total. The molecular formula is C13H14F3N3. The molecule has 1 heterocycles. The minimum absolute atomic E-state index is 0.159. The van der Waals surface area contributed by atoms with Crippen molar-refractivity contribution < 1.29 is 13.2 Å². The molecule has 1 aromatic carbocycles. The molecule has 0 unspecified atom stereocenters. The van der Waals surface area contributed by atoms with Crippen LogP contribution in [0.1, 0.15) is 16.8 Å². The highest BCUT2D eigenvalue weighted by Crippen LogP contribution is 2.31. The summed E-state index contributed by atoms with van der Waals surface area (Å²) >= 11 is 0. The highest BCUT2D eigenvalue weighted by Gasteiger charge is 2.32. The monoisotopic (exact) mass is 269 g/mol. The van der Waals surface area contributed by atoms with E-state index in [1.165, 1.54) is 12.1 Å². The van der Waals surface area contributed by atoms with Crippen LogP contribution in [0.2, 0.25) is 0 Å². The molecule has 0 aliphatic rings. The summed E-state index contributed by atoms with van der Waals surface area (Å²) in [6, 6.07) is 7.40. The second-order valence-electron chi connectivity index (χ2n) is 4.24. The minimum atomic E-state index is -4.32. The third-order valence-corrected chi connectivity index (χ3v) is 2.71. The highest BCUT2D eigenvalue weighted by atomic mass is 19.4. The Kier molecular flexibility index (Phi) is 3.90. The Bertz CT molecular complexity index is 546. The Hall–Kier alpha value is -1.82. The number of hydrogen-bond donors (Lipinski definition) is 1. The lowest BCUT2D eigenvalue weighted by molar-refractivity contribution is -0.138. The van der Waals surface area contributed by atoms with E-state index in [9.17, 15) is 13.2 Å². The van der Waals surface area contributed by atoms with Crippen LogP contribution in [0.5, 0.6) is 0 Å². The number of benzene rings is 1. The first-order valence-electron chi connectivity index (χ1n) is 5.81. The van der Waals surface area contributed by atoms with Gasteiger partial charge in [0.2, 0.25) is 0 Å². The van der Waals surface area contributed by atoms with Gasteiger partial charge in [-0.25, -0.2) is 0 Å². The Morgan fingerprint density at radius 2 is 1.89 bits per heavy atom. The summed E-state index contributed by atoms with van der Waals surface area (Å²) in [6.07, 6.45) is -2.52. The number of halogens is 3. The van der Waals surface area contributed by atoms with Crippen molar-refractivity contribution in [1.29, 1.82) is 0 Å². The van der Waals surface area contributed by atoms with E-state index < -0.39 is 11.7 Å². The van der Waals surface area contributed by atoms with Crippen LogP contribution in [0.4, 0.5) is 13.2 Å². The van der Waals surface area contributed by atoms with Gasteiger partial charge in [0.05, 0.1) is 11.3 Å². The van der Waals surface area contributed by atoms with Gasteiger partial charge in [0, 0.05) is 26.3 Å². The highest BCUT2D eigenvalue weighted by molar-refractivity contribution is 5.29. The molecule has 0 atom stereocenters. The standard InChI is InChI=1S/C13H14F3N3/c1-19-7-6-11(18-19)9-17-8-10-4-2-3-5-12(10)13(14,15)16/h2-7,17H,8-9H2,1H3. The van der Waals surface area contributed by atoms with E-state index in [1.807, 2.05) is 6.07 Å². The van der Waals surface area contributed by atoms with Crippen molar-refractivity contribution in [1.82, 2.24) is 15.1 Å². The third kappa shape index (κ3) is 3.57. The molecule has 0 saturated carbocycles. The lowest BCUT2D eigenvalue weighted by Crippen LogP contribution is -2.17. The zero-order valence-electron chi connectivity index (χ0n) is 10.4. The fraction of sp³-hybridized carbons (Fsp3) is 0.308. The van der Waals surface area contributed by atoms with Crippen molar-refractivity contribution in [3.05, 3.63) is 53.3 Å². The fourth-order valence-electron chi connectivity index (χ4n) is 1.83. The van der Waals surface area contributed by atoms with Gasteiger partial charge < -0.3 is 5.32 Å². The number of nitrogens with zero attached hydrogens (tertiary/aromatic N) is 2. The summed E-state index contributed by atoms with van der Waals surface area (Å²) in [5.41, 5.74) is 0.446. The summed E-state index contributed by atoms with van der Waals surface area (Å²) in [4.78, 5) is 0. The van der Waals surface area contributed by atoms with Gasteiger partial charge in [-0.05, 0) is 17.7 Å². The number of aryl methyl sites for hydroxylation is 1. The first-order chi connectivity index (χ1) is 8.97. The van der Waals surface area contributed by atoms with Gasteiger partial charge in [0.15, 0.2) is 0 Å². The Balaban J connectivity index is 2.00. The van der Waals surface area contributed by atoms with Gasteiger partial charge in [-0.15, -0.1) is 0 Å². The van der Waals surface area contributed by atoms with Crippen LogP contribution in [0, 0.1) is 0 Å². The largest absolute Gasteiger partial charge is 0.416 e. The van der Waals surface area contributed by atoms with Gasteiger partial charge in [-0.2, -0.15) is 18.3 Å². The van der Waals surface area contributed by atoms with Crippen LogP contribution in [0.3, 0.4) is 0 Å². The van der Waals surface area contributed by atoms with Gasteiger partial charge in [-0.3, -0.25) is 4.68 Å². The second-order valence-corrected chi connectivity index (χ2v) is 4.24. The maximum atomic E-state index is 12.8. The fourth-order valence-corrected chi connectivity index (χ4v) is 1.83. The Morgan fingerprint density at radius 3 is 2.53 bits per heavy atom. The molecule has 0 amide bonds. The van der Waals surface area contributed by atoms with Crippen molar-refractivity contribution in [2.24, 2.45) is 7.05 Å². The lowest BCUT2D eigenvalue weighted by atomic mass is 10.1. The predicted molar refractivity (Wildman–Crippen MR) is 65.2 cm³/mol. The summed E-state index contributed by atoms with van der Waals surface area (Å²) in [5.74, 6) is 0. The normalized spacial score (nSPS) is 11.8. The van der Waals surface area contributed by atoms with E-state index in [1.54, 1.807) is 24.0 Å². The van der Waals surface area contributed by atoms with Crippen LogP contribution in [-0.2, 0) is 26.3 Å². The first kappa shape index (κ1) is 13.6. The molecule has 3 nitrogen and oxygen atoms in total. The van der Waals surface area contributed by atoms with E-state index in [0.717, 1.165) is 11.8 Å². The molecule has 102 valence electrons. The number of alkyl halides is 3. The first-order valence-corrected chi connectivity index (χ1v) is 5.81. The quantitative estimate of drug-likeness (QED) is 0.925. The zero-order chi connectivity index (χ0) is 13.9. The van der Waals surface area contributed by atoms with Crippen LogP contribution in [0.25, 0.3) is 0 Å². The number of aromatic nitrogens is 2. The van der Waals surface area contributed by atoms with E-state index >= 15 is 0 Å². The molecule has 2 rings (SSSR count). The van der Waals surface area contributed by atoms with Crippen molar-refractivity contribution in [2.45, 2.75) is 19.3 Å². The SMILES string of the molecule is Cn1ccc(CNCc2ccccc2C(F)(F)F)n1.